The maximum absolute atomic E-state index is 13.1. The van der Waals surface area contributed by atoms with Crippen LogP contribution in [-0.4, -0.2) is 12.6 Å². The van der Waals surface area contributed by atoms with Crippen molar-refractivity contribution in [3.05, 3.63) is 34.6 Å². The predicted octanol–water partition coefficient (Wildman–Crippen LogP) is 3.26. The zero-order valence-electron chi connectivity index (χ0n) is 10.6. The van der Waals surface area contributed by atoms with Gasteiger partial charge in [-0.2, -0.15) is 0 Å². The molecule has 0 spiro atoms. The Morgan fingerprint density at radius 3 is 2.83 bits per heavy atom. The van der Waals surface area contributed by atoms with Gasteiger partial charge in [-0.15, -0.1) is 0 Å². The monoisotopic (exact) mass is 270 g/mol. The minimum Gasteiger partial charge on any atom is -0.329 e. The first kappa shape index (κ1) is 13.8. The number of nitrogens with two attached hydrogens (primary N) is 1. The molecule has 0 radical (unpaired) electrons. The Balaban J connectivity index is 2.05. The molecule has 1 aliphatic rings. The van der Waals surface area contributed by atoms with Crippen LogP contribution >= 0.6 is 11.6 Å². The van der Waals surface area contributed by atoms with Gasteiger partial charge >= 0.3 is 0 Å². The molecular weight excluding hydrogens is 251 g/mol. The van der Waals surface area contributed by atoms with Crippen LogP contribution in [0.2, 0.25) is 5.02 Å². The van der Waals surface area contributed by atoms with Crippen molar-refractivity contribution in [1.29, 1.82) is 0 Å². The Kier molecular flexibility index (Phi) is 4.60. The van der Waals surface area contributed by atoms with Crippen LogP contribution in [0.4, 0.5) is 4.39 Å². The van der Waals surface area contributed by atoms with E-state index >= 15 is 0 Å². The molecule has 1 saturated carbocycles. The van der Waals surface area contributed by atoms with Gasteiger partial charge in [-0.25, -0.2) is 4.39 Å². The summed E-state index contributed by atoms with van der Waals surface area (Å²) in [4.78, 5) is 0. The molecule has 2 rings (SSSR count). The van der Waals surface area contributed by atoms with E-state index in [-0.39, 0.29) is 16.9 Å². The number of hydrogen-bond acceptors (Lipinski definition) is 2. The summed E-state index contributed by atoms with van der Waals surface area (Å²) < 4.78 is 13.1. The molecule has 3 atom stereocenters. The van der Waals surface area contributed by atoms with Gasteiger partial charge in [-0.3, -0.25) is 0 Å². The van der Waals surface area contributed by atoms with Crippen molar-refractivity contribution >= 4 is 11.6 Å². The average molecular weight is 271 g/mol. The summed E-state index contributed by atoms with van der Waals surface area (Å²) in [5.74, 6) is 0.392. The van der Waals surface area contributed by atoms with E-state index in [0.717, 1.165) is 11.5 Å². The first-order valence-electron chi connectivity index (χ1n) is 6.51. The van der Waals surface area contributed by atoms with Crippen molar-refractivity contribution in [1.82, 2.24) is 5.32 Å². The second kappa shape index (κ2) is 6.00. The Morgan fingerprint density at radius 2 is 2.28 bits per heavy atom. The molecule has 3 N–H and O–H groups in total. The van der Waals surface area contributed by atoms with Crippen LogP contribution in [0.25, 0.3) is 0 Å². The molecule has 100 valence electrons. The number of rotatable bonds is 4. The normalized spacial score (nSPS) is 25.3. The molecule has 2 nitrogen and oxygen atoms in total. The van der Waals surface area contributed by atoms with Crippen LogP contribution < -0.4 is 11.1 Å². The van der Waals surface area contributed by atoms with Gasteiger partial charge < -0.3 is 11.1 Å². The number of hydrogen-bond donors (Lipinski definition) is 2. The van der Waals surface area contributed by atoms with Crippen molar-refractivity contribution in [3.63, 3.8) is 0 Å². The Hall–Kier alpha value is -0.640. The summed E-state index contributed by atoms with van der Waals surface area (Å²) >= 11 is 5.81. The Labute approximate surface area is 113 Å². The zero-order valence-corrected chi connectivity index (χ0v) is 11.4. The molecular formula is C14H20ClFN2. The second-order valence-corrected chi connectivity index (χ2v) is 5.65. The van der Waals surface area contributed by atoms with Crippen LogP contribution in [0, 0.1) is 11.7 Å². The molecule has 1 aliphatic carbocycles. The summed E-state index contributed by atoms with van der Waals surface area (Å²) in [6.07, 6.45) is 3.64. The lowest BCUT2D eigenvalue weighted by atomic mass is 10.0. The van der Waals surface area contributed by atoms with E-state index in [1.165, 1.54) is 25.3 Å². The summed E-state index contributed by atoms with van der Waals surface area (Å²) in [5.41, 5.74) is 6.77. The molecule has 0 heterocycles. The second-order valence-electron chi connectivity index (χ2n) is 5.24. The third-order valence-electron chi connectivity index (χ3n) is 3.71. The van der Waals surface area contributed by atoms with E-state index in [4.69, 9.17) is 17.3 Å². The van der Waals surface area contributed by atoms with Crippen molar-refractivity contribution in [2.45, 2.75) is 38.3 Å². The fourth-order valence-electron chi connectivity index (χ4n) is 2.67. The standard InChI is InChI=1S/C14H20ClFN2/c1-9-2-4-11(6-9)18-14(8-17)10-3-5-13(16)12(15)7-10/h3,5,7,9,11,14,18H,2,4,6,8,17H2,1H3. The van der Waals surface area contributed by atoms with Crippen molar-refractivity contribution < 1.29 is 4.39 Å². The third kappa shape index (κ3) is 3.22. The SMILES string of the molecule is CC1CCC(NC(CN)c2ccc(F)c(Cl)c2)C1. The van der Waals surface area contributed by atoms with Gasteiger partial charge in [0.05, 0.1) is 5.02 Å². The number of benzene rings is 1. The molecule has 4 heteroatoms. The molecule has 0 aromatic heterocycles. The van der Waals surface area contributed by atoms with Gasteiger partial charge in [-0.1, -0.05) is 24.6 Å². The van der Waals surface area contributed by atoms with E-state index < -0.39 is 0 Å². The van der Waals surface area contributed by atoms with Gasteiger partial charge in [0.15, 0.2) is 0 Å². The molecule has 18 heavy (non-hydrogen) atoms. The van der Waals surface area contributed by atoms with Gasteiger partial charge in [-0.05, 0) is 42.9 Å². The molecule has 1 fully saturated rings. The highest BCUT2D eigenvalue weighted by atomic mass is 35.5. The fraction of sp³-hybridized carbons (Fsp3) is 0.571. The molecule has 0 aliphatic heterocycles. The van der Waals surface area contributed by atoms with Crippen LogP contribution in [0.5, 0.6) is 0 Å². The molecule has 0 saturated heterocycles. The smallest absolute Gasteiger partial charge is 0.141 e. The third-order valence-corrected chi connectivity index (χ3v) is 4.00. The van der Waals surface area contributed by atoms with E-state index in [1.54, 1.807) is 12.1 Å². The predicted molar refractivity (Wildman–Crippen MR) is 73.1 cm³/mol. The van der Waals surface area contributed by atoms with E-state index in [1.807, 2.05) is 0 Å². The van der Waals surface area contributed by atoms with Gasteiger partial charge in [0.25, 0.3) is 0 Å². The highest BCUT2D eigenvalue weighted by molar-refractivity contribution is 6.30. The zero-order chi connectivity index (χ0) is 13.1. The molecule has 1 aromatic rings. The van der Waals surface area contributed by atoms with Gasteiger partial charge in [0.1, 0.15) is 5.82 Å². The van der Waals surface area contributed by atoms with Crippen LogP contribution in [0.3, 0.4) is 0 Å². The summed E-state index contributed by atoms with van der Waals surface area (Å²) in [6.45, 7) is 2.76. The molecule has 1 aromatic carbocycles. The van der Waals surface area contributed by atoms with Crippen LogP contribution in [-0.2, 0) is 0 Å². The summed E-state index contributed by atoms with van der Waals surface area (Å²) in [5, 5.41) is 3.71. The Morgan fingerprint density at radius 1 is 1.50 bits per heavy atom. The maximum atomic E-state index is 13.1. The highest BCUT2D eigenvalue weighted by Crippen LogP contribution is 2.27. The number of halogens is 2. The van der Waals surface area contributed by atoms with E-state index in [2.05, 4.69) is 12.2 Å². The lowest BCUT2D eigenvalue weighted by Crippen LogP contribution is -2.35. The molecule has 0 bridgehead atoms. The van der Waals surface area contributed by atoms with E-state index in [0.29, 0.717) is 12.6 Å². The van der Waals surface area contributed by atoms with Crippen molar-refractivity contribution in [2.24, 2.45) is 11.7 Å². The summed E-state index contributed by atoms with van der Waals surface area (Å²) in [6, 6.07) is 5.39. The van der Waals surface area contributed by atoms with Crippen molar-refractivity contribution in [3.8, 4) is 0 Å². The lowest BCUT2D eigenvalue weighted by Gasteiger charge is -2.22. The van der Waals surface area contributed by atoms with Crippen LogP contribution in [0.15, 0.2) is 18.2 Å². The minimum atomic E-state index is -0.384. The largest absolute Gasteiger partial charge is 0.329 e. The number of nitrogens with one attached hydrogen (secondary N) is 1. The first-order valence-corrected chi connectivity index (χ1v) is 6.89. The maximum Gasteiger partial charge on any atom is 0.141 e. The summed E-state index contributed by atoms with van der Waals surface area (Å²) in [7, 11) is 0. The fourth-order valence-corrected chi connectivity index (χ4v) is 2.86. The van der Waals surface area contributed by atoms with E-state index in [9.17, 15) is 4.39 Å². The highest BCUT2D eigenvalue weighted by Gasteiger charge is 2.24. The van der Waals surface area contributed by atoms with Crippen molar-refractivity contribution in [2.75, 3.05) is 6.54 Å². The lowest BCUT2D eigenvalue weighted by molar-refractivity contribution is 0.434. The Bertz CT molecular complexity index is 411. The van der Waals surface area contributed by atoms with Gasteiger partial charge in [0.2, 0.25) is 0 Å². The average Bonchev–Trinajstić information content (AvgIpc) is 2.75. The molecule has 3 unspecified atom stereocenters. The van der Waals surface area contributed by atoms with Gasteiger partial charge in [0, 0.05) is 18.6 Å². The topological polar surface area (TPSA) is 38.0 Å². The first-order chi connectivity index (χ1) is 8.60. The minimum absolute atomic E-state index is 0.0541. The van der Waals surface area contributed by atoms with Crippen LogP contribution in [0.1, 0.15) is 37.8 Å². The quantitative estimate of drug-likeness (QED) is 0.881. The molecule has 0 amide bonds.